The number of aryl methyl sites for hydroxylation is 1. The molecule has 2 aromatic carbocycles. The Labute approximate surface area is 179 Å². The van der Waals surface area contributed by atoms with Gasteiger partial charge < -0.3 is 30.2 Å². The second kappa shape index (κ2) is 9.61. The highest BCUT2D eigenvalue weighted by atomic mass is 16.6. The number of anilines is 2. The quantitative estimate of drug-likeness (QED) is 0.477. The number of carbonyl (C=O) groups is 1. The molecule has 0 saturated heterocycles. The maximum absolute atomic E-state index is 11.8. The molecule has 10 nitrogen and oxygen atoms in total. The van der Waals surface area contributed by atoms with Crippen LogP contribution in [0.15, 0.2) is 54.7 Å². The monoisotopic (exact) mass is 425 g/mol. The fourth-order valence-corrected chi connectivity index (χ4v) is 2.80. The molecule has 0 saturated carbocycles. The highest BCUT2D eigenvalue weighted by Gasteiger charge is 2.28. The minimum Gasteiger partial charge on any atom is -0.497 e. The first kappa shape index (κ1) is 21.6. The molecule has 0 aliphatic carbocycles. The summed E-state index contributed by atoms with van der Waals surface area (Å²) in [6.07, 6.45) is 1.45. The third kappa shape index (κ3) is 5.95. The third-order valence-corrected chi connectivity index (χ3v) is 4.33. The number of hydrogen-bond donors (Lipinski definition) is 2. The van der Waals surface area contributed by atoms with Gasteiger partial charge in [0.05, 0.1) is 13.7 Å². The Bertz CT molecular complexity index is 1020. The van der Waals surface area contributed by atoms with Gasteiger partial charge in [-0.3, -0.25) is 4.57 Å². The van der Waals surface area contributed by atoms with Gasteiger partial charge in [0.2, 0.25) is 0 Å². The lowest BCUT2D eigenvalue weighted by molar-refractivity contribution is -0.389. The molecule has 0 spiro atoms. The van der Waals surface area contributed by atoms with E-state index in [1.54, 1.807) is 35.9 Å². The number of imidazole rings is 1. The zero-order valence-electron chi connectivity index (χ0n) is 17.4. The van der Waals surface area contributed by atoms with Crippen LogP contribution >= 0.6 is 0 Å². The fourth-order valence-electron chi connectivity index (χ4n) is 2.80. The van der Waals surface area contributed by atoms with Gasteiger partial charge in [0.25, 0.3) is 0 Å². The molecule has 162 valence electrons. The smallest absolute Gasteiger partial charge is 0.414 e. The van der Waals surface area contributed by atoms with Gasteiger partial charge in [0.15, 0.2) is 0 Å². The summed E-state index contributed by atoms with van der Waals surface area (Å²) in [6, 6.07) is 14.9. The van der Waals surface area contributed by atoms with Crippen LogP contribution in [0.3, 0.4) is 0 Å². The number of aromatic nitrogens is 2. The van der Waals surface area contributed by atoms with Crippen LogP contribution in [0.25, 0.3) is 0 Å². The Morgan fingerprint density at radius 1 is 1.16 bits per heavy atom. The number of nitrogens with zero attached hydrogens (tertiary/aromatic N) is 3. The van der Waals surface area contributed by atoms with Crippen molar-refractivity contribution in [2.75, 3.05) is 17.7 Å². The van der Waals surface area contributed by atoms with Crippen LogP contribution < -0.4 is 20.1 Å². The maximum Gasteiger partial charge on any atom is 0.414 e. The predicted molar refractivity (Wildman–Crippen MR) is 116 cm³/mol. The highest BCUT2D eigenvalue weighted by Crippen LogP contribution is 2.24. The maximum atomic E-state index is 11.8. The first-order valence-corrected chi connectivity index (χ1v) is 9.51. The highest BCUT2D eigenvalue weighted by molar-refractivity contribution is 5.99. The van der Waals surface area contributed by atoms with Crippen molar-refractivity contribution in [1.29, 1.82) is 0 Å². The van der Waals surface area contributed by atoms with E-state index in [1.165, 1.54) is 6.20 Å². The van der Waals surface area contributed by atoms with E-state index in [9.17, 15) is 14.9 Å². The molecule has 1 aromatic heterocycles. The molecule has 1 unspecified atom stereocenters. The van der Waals surface area contributed by atoms with Crippen molar-refractivity contribution in [3.05, 3.63) is 70.4 Å². The second-order valence-electron chi connectivity index (χ2n) is 6.89. The van der Waals surface area contributed by atoms with Crippen LogP contribution in [0.4, 0.5) is 22.0 Å². The first-order valence-electron chi connectivity index (χ1n) is 9.51. The molecule has 1 atom stereocenters. The standard InChI is InChI=1S/C15H16N2O2.C6H7N3O3/c1-11-3-5-12(6-4-11)16-15(18)17-13-7-9-14(19-2)10-8-13;1-4-2-8-3-5(9(10)11)7-6(8)12-4/h3-10H,1-2H3,(H2,16,17,18);3-4H,2H2,1H3. The molecule has 4 rings (SSSR count). The van der Waals surface area contributed by atoms with E-state index in [1.807, 2.05) is 38.1 Å². The number of nitro groups is 1. The lowest BCUT2D eigenvalue weighted by atomic mass is 10.2. The molecule has 2 N–H and O–H groups in total. The largest absolute Gasteiger partial charge is 0.497 e. The van der Waals surface area contributed by atoms with Crippen LogP contribution in [0.5, 0.6) is 11.8 Å². The summed E-state index contributed by atoms with van der Waals surface area (Å²) in [5.74, 6) is 0.599. The van der Waals surface area contributed by atoms with E-state index in [0.717, 1.165) is 17.0 Å². The third-order valence-electron chi connectivity index (χ3n) is 4.33. The average molecular weight is 425 g/mol. The minimum absolute atomic E-state index is 0.0632. The van der Waals surface area contributed by atoms with Gasteiger partial charge in [-0.15, -0.1) is 0 Å². The minimum atomic E-state index is -0.528. The summed E-state index contributed by atoms with van der Waals surface area (Å²) in [4.78, 5) is 25.2. The Morgan fingerprint density at radius 3 is 2.26 bits per heavy atom. The molecule has 1 aliphatic rings. The van der Waals surface area contributed by atoms with Crippen LogP contribution in [0, 0.1) is 17.0 Å². The zero-order chi connectivity index (χ0) is 22.4. The van der Waals surface area contributed by atoms with E-state index in [0.29, 0.717) is 18.2 Å². The van der Waals surface area contributed by atoms with E-state index in [-0.39, 0.29) is 18.0 Å². The number of ether oxygens (including phenoxy) is 2. The predicted octanol–water partition coefficient (Wildman–Crippen LogP) is 4.22. The molecule has 0 fully saturated rings. The molecule has 2 amide bonds. The molecule has 0 bridgehead atoms. The Hall–Kier alpha value is -4.08. The summed E-state index contributed by atoms with van der Waals surface area (Å²) in [7, 11) is 1.60. The SMILES string of the molecule is CC1Cn2cc([N+](=O)[O-])nc2O1.COc1ccc(NC(=O)Nc2ccc(C)cc2)cc1. The van der Waals surface area contributed by atoms with Crippen molar-refractivity contribution in [3.8, 4) is 11.8 Å². The molecular formula is C21H23N5O5. The molecular weight excluding hydrogens is 402 g/mol. The van der Waals surface area contributed by atoms with E-state index < -0.39 is 4.92 Å². The van der Waals surface area contributed by atoms with Gasteiger partial charge in [-0.1, -0.05) is 17.7 Å². The van der Waals surface area contributed by atoms with Crippen LogP contribution in [0.2, 0.25) is 0 Å². The molecule has 0 radical (unpaired) electrons. The fraction of sp³-hybridized carbons (Fsp3) is 0.238. The van der Waals surface area contributed by atoms with E-state index in [2.05, 4.69) is 15.6 Å². The average Bonchev–Trinajstić information content (AvgIpc) is 3.28. The summed E-state index contributed by atoms with van der Waals surface area (Å²) >= 11 is 0. The van der Waals surface area contributed by atoms with Crippen LogP contribution in [-0.4, -0.2) is 33.7 Å². The normalized spacial score (nSPS) is 13.8. The number of hydrogen-bond acceptors (Lipinski definition) is 6. The number of fused-ring (bicyclic) bond motifs is 1. The van der Waals surface area contributed by atoms with Gasteiger partial charge in [0.1, 0.15) is 18.1 Å². The summed E-state index contributed by atoms with van der Waals surface area (Å²) in [5.41, 5.74) is 2.63. The van der Waals surface area contributed by atoms with Gasteiger partial charge >= 0.3 is 17.9 Å². The number of carbonyl (C=O) groups excluding carboxylic acids is 1. The number of rotatable bonds is 4. The van der Waals surface area contributed by atoms with E-state index >= 15 is 0 Å². The molecule has 2 heterocycles. The molecule has 10 heteroatoms. The van der Waals surface area contributed by atoms with E-state index in [4.69, 9.17) is 9.47 Å². The van der Waals surface area contributed by atoms with Crippen molar-refractivity contribution in [1.82, 2.24) is 9.55 Å². The Balaban J connectivity index is 0.000000194. The van der Waals surface area contributed by atoms with Crippen molar-refractivity contribution in [2.45, 2.75) is 26.5 Å². The van der Waals surface area contributed by atoms with Gasteiger partial charge in [-0.2, -0.15) is 0 Å². The lowest BCUT2D eigenvalue weighted by Gasteiger charge is -2.08. The second-order valence-corrected chi connectivity index (χ2v) is 6.89. The van der Waals surface area contributed by atoms with Gasteiger partial charge in [0, 0.05) is 16.4 Å². The first-order chi connectivity index (χ1) is 14.8. The Morgan fingerprint density at radius 2 is 1.74 bits per heavy atom. The van der Waals surface area contributed by atoms with Crippen molar-refractivity contribution < 1.29 is 19.2 Å². The topological polar surface area (TPSA) is 121 Å². The summed E-state index contributed by atoms with van der Waals surface area (Å²) in [5, 5.41) is 15.8. The van der Waals surface area contributed by atoms with Gasteiger partial charge in [-0.05, 0) is 55.2 Å². The molecule has 1 aliphatic heterocycles. The number of benzene rings is 2. The lowest BCUT2D eigenvalue weighted by Crippen LogP contribution is -2.19. The number of urea groups is 1. The zero-order valence-corrected chi connectivity index (χ0v) is 17.4. The molecule has 31 heavy (non-hydrogen) atoms. The summed E-state index contributed by atoms with van der Waals surface area (Å²) < 4.78 is 11.9. The van der Waals surface area contributed by atoms with Crippen LogP contribution in [0.1, 0.15) is 12.5 Å². The van der Waals surface area contributed by atoms with Crippen LogP contribution in [-0.2, 0) is 6.54 Å². The van der Waals surface area contributed by atoms with Crippen molar-refractivity contribution >= 4 is 23.2 Å². The number of amides is 2. The Kier molecular flexibility index (Phi) is 6.71. The van der Waals surface area contributed by atoms with Crippen molar-refractivity contribution in [3.63, 3.8) is 0 Å². The van der Waals surface area contributed by atoms with Gasteiger partial charge in [-0.25, -0.2) is 4.79 Å². The molecule has 3 aromatic rings. The number of nitrogens with one attached hydrogen (secondary N) is 2. The van der Waals surface area contributed by atoms with Crippen molar-refractivity contribution in [2.24, 2.45) is 0 Å². The number of methoxy groups -OCH3 is 1. The summed E-state index contributed by atoms with van der Waals surface area (Å²) in [6.45, 7) is 4.53.